The second-order valence-corrected chi connectivity index (χ2v) is 4.44. The van der Waals surface area contributed by atoms with E-state index in [0.717, 1.165) is 12.1 Å². The van der Waals surface area contributed by atoms with E-state index in [-0.39, 0.29) is 0 Å². The van der Waals surface area contributed by atoms with Gasteiger partial charge in [-0.1, -0.05) is 27.7 Å². The molecule has 2 saturated heterocycles. The third kappa shape index (κ3) is 4.42. The predicted molar refractivity (Wildman–Crippen MR) is 74.0 cm³/mol. The number of nitrogens with zero attached hydrogens (tertiary/aromatic N) is 2. The molecule has 0 amide bonds. The first kappa shape index (κ1) is 15.9. The Morgan fingerprint density at radius 1 is 0.875 bits per heavy atom. The third-order valence-corrected chi connectivity index (χ3v) is 3.28. The number of rotatable bonds is 2. The van der Waals surface area contributed by atoms with Gasteiger partial charge in [0, 0.05) is 25.2 Å². The molecule has 2 nitrogen and oxygen atoms in total. The van der Waals surface area contributed by atoms with Gasteiger partial charge in [-0.05, 0) is 39.8 Å². The van der Waals surface area contributed by atoms with E-state index < -0.39 is 0 Å². The van der Waals surface area contributed by atoms with E-state index in [9.17, 15) is 0 Å². The minimum Gasteiger partial charge on any atom is -0.298 e. The Balaban J connectivity index is 0.000000509. The van der Waals surface area contributed by atoms with Crippen molar-refractivity contribution in [3.05, 3.63) is 0 Å². The van der Waals surface area contributed by atoms with E-state index in [4.69, 9.17) is 0 Å². The fourth-order valence-corrected chi connectivity index (χ4v) is 2.25. The Labute approximate surface area is 103 Å². The van der Waals surface area contributed by atoms with Crippen LogP contribution in [0, 0.1) is 0 Å². The fraction of sp³-hybridized carbons (Fsp3) is 1.00. The Morgan fingerprint density at radius 3 is 1.69 bits per heavy atom. The summed E-state index contributed by atoms with van der Waals surface area (Å²) in [4.78, 5) is 5.22. The van der Waals surface area contributed by atoms with Gasteiger partial charge in [0.1, 0.15) is 0 Å². The number of likely N-dealkylation sites (tertiary alicyclic amines) is 2. The second kappa shape index (κ2) is 9.00. The molecule has 2 fully saturated rings. The molecular weight excluding hydrogens is 196 g/mol. The van der Waals surface area contributed by atoms with Crippen molar-refractivity contribution >= 4 is 0 Å². The van der Waals surface area contributed by atoms with Gasteiger partial charge in [0.2, 0.25) is 0 Å². The Morgan fingerprint density at radius 2 is 1.31 bits per heavy atom. The normalized spacial score (nSPS) is 21.9. The van der Waals surface area contributed by atoms with Crippen molar-refractivity contribution in [1.29, 1.82) is 0 Å². The summed E-state index contributed by atoms with van der Waals surface area (Å²) in [6.45, 7) is 17.9. The lowest BCUT2D eigenvalue weighted by Gasteiger charge is -2.46. The molecule has 2 heterocycles. The van der Waals surface area contributed by atoms with Crippen molar-refractivity contribution in [2.24, 2.45) is 0 Å². The van der Waals surface area contributed by atoms with E-state index in [0.29, 0.717) is 0 Å². The lowest BCUT2D eigenvalue weighted by Crippen LogP contribution is -2.60. The van der Waals surface area contributed by atoms with Gasteiger partial charge in [0.25, 0.3) is 0 Å². The van der Waals surface area contributed by atoms with Crippen LogP contribution in [-0.2, 0) is 0 Å². The van der Waals surface area contributed by atoms with Gasteiger partial charge < -0.3 is 0 Å². The van der Waals surface area contributed by atoms with Gasteiger partial charge in [0.15, 0.2) is 0 Å². The van der Waals surface area contributed by atoms with Crippen LogP contribution in [0.25, 0.3) is 0 Å². The molecule has 0 bridgehead atoms. The Hall–Kier alpha value is -0.0800. The van der Waals surface area contributed by atoms with Crippen LogP contribution in [0.15, 0.2) is 0 Å². The summed E-state index contributed by atoms with van der Waals surface area (Å²) in [7, 11) is 0. The smallest absolute Gasteiger partial charge is 0.0350 e. The maximum Gasteiger partial charge on any atom is 0.0350 e. The van der Waals surface area contributed by atoms with E-state index in [2.05, 4.69) is 23.6 Å². The summed E-state index contributed by atoms with van der Waals surface area (Å²) in [5.74, 6) is 0. The summed E-state index contributed by atoms with van der Waals surface area (Å²) in [5.41, 5.74) is 0. The molecule has 0 radical (unpaired) electrons. The van der Waals surface area contributed by atoms with Crippen LogP contribution in [0.1, 0.15) is 54.4 Å². The quantitative estimate of drug-likeness (QED) is 0.716. The van der Waals surface area contributed by atoms with E-state index in [1.165, 1.54) is 39.0 Å². The first-order chi connectivity index (χ1) is 7.77. The average Bonchev–Trinajstić information content (AvgIpc) is 2.74. The maximum absolute atomic E-state index is 2.67. The molecule has 0 aliphatic carbocycles. The zero-order valence-electron chi connectivity index (χ0n) is 12.3. The first-order valence-electron chi connectivity index (χ1n) is 7.25. The van der Waals surface area contributed by atoms with E-state index in [1.54, 1.807) is 0 Å². The second-order valence-electron chi connectivity index (χ2n) is 4.44. The maximum atomic E-state index is 2.67. The van der Waals surface area contributed by atoms with Gasteiger partial charge in [-0.25, -0.2) is 0 Å². The highest BCUT2D eigenvalue weighted by atomic mass is 15.3. The summed E-state index contributed by atoms with van der Waals surface area (Å²) in [6, 6.07) is 1.65. The molecule has 0 N–H and O–H groups in total. The molecule has 2 heteroatoms. The highest BCUT2D eigenvalue weighted by Crippen LogP contribution is 2.21. The largest absolute Gasteiger partial charge is 0.298 e. The zero-order valence-corrected chi connectivity index (χ0v) is 12.3. The van der Waals surface area contributed by atoms with Crippen LogP contribution in [0.5, 0.6) is 0 Å². The van der Waals surface area contributed by atoms with Crippen molar-refractivity contribution in [3.63, 3.8) is 0 Å². The van der Waals surface area contributed by atoms with Gasteiger partial charge in [0.05, 0.1) is 0 Å². The molecule has 2 aliphatic heterocycles. The molecule has 2 rings (SSSR count). The van der Waals surface area contributed by atoms with Crippen LogP contribution >= 0.6 is 0 Å². The molecule has 0 aromatic heterocycles. The van der Waals surface area contributed by atoms with Crippen LogP contribution in [0.4, 0.5) is 0 Å². The van der Waals surface area contributed by atoms with Crippen LogP contribution in [0.3, 0.4) is 0 Å². The molecule has 0 aromatic carbocycles. The van der Waals surface area contributed by atoms with E-state index in [1.807, 2.05) is 27.7 Å². The molecule has 0 aromatic rings. The van der Waals surface area contributed by atoms with Gasteiger partial charge in [-0.15, -0.1) is 0 Å². The molecule has 0 atom stereocenters. The molecule has 0 unspecified atom stereocenters. The highest BCUT2D eigenvalue weighted by molar-refractivity contribution is 4.90. The van der Waals surface area contributed by atoms with E-state index >= 15 is 0 Å². The average molecular weight is 228 g/mol. The first-order valence-corrected chi connectivity index (χ1v) is 7.25. The molecule has 2 aliphatic rings. The van der Waals surface area contributed by atoms with Gasteiger partial charge in [-0.2, -0.15) is 0 Å². The number of hydrogen-bond acceptors (Lipinski definition) is 2. The monoisotopic (exact) mass is 228 g/mol. The van der Waals surface area contributed by atoms with Crippen molar-refractivity contribution in [2.45, 2.75) is 66.5 Å². The standard InChI is InChI=1S/C10H20N2.2C2H6/c1-9(2)12-7-10(8-12)11-5-3-4-6-11;2*1-2/h9-10H,3-8H2,1-2H3;2*1-2H3. The van der Waals surface area contributed by atoms with Crippen molar-refractivity contribution < 1.29 is 0 Å². The molecule has 0 spiro atoms. The SMILES string of the molecule is CC.CC.CC(C)N1CC(N2CCCC2)C1. The van der Waals surface area contributed by atoms with Crippen molar-refractivity contribution in [1.82, 2.24) is 9.80 Å². The van der Waals surface area contributed by atoms with Crippen LogP contribution < -0.4 is 0 Å². The van der Waals surface area contributed by atoms with Gasteiger partial charge in [-0.3, -0.25) is 9.80 Å². The number of hydrogen-bond donors (Lipinski definition) is 0. The highest BCUT2D eigenvalue weighted by Gasteiger charge is 2.33. The fourth-order valence-electron chi connectivity index (χ4n) is 2.25. The lowest BCUT2D eigenvalue weighted by molar-refractivity contribution is 0.0259. The lowest BCUT2D eigenvalue weighted by atomic mass is 10.1. The molecule has 16 heavy (non-hydrogen) atoms. The summed E-state index contributed by atoms with van der Waals surface area (Å²) < 4.78 is 0. The molecule has 0 saturated carbocycles. The van der Waals surface area contributed by atoms with Crippen molar-refractivity contribution in [3.8, 4) is 0 Å². The third-order valence-electron chi connectivity index (χ3n) is 3.28. The molecular formula is C14H32N2. The summed E-state index contributed by atoms with van der Waals surface area (Å²) in [6.07, 6.45) is 2.86. The zero-order chi connectivity index (χ0) is 12.6. The van der Waals surface area contributed by atoms with Crippen LogP contribution in [0.2, 0.25) is 0 Å². The summed E-state index contributed by atoms with van der Waals surface area (Å²) >= 11 is 0. The van der Waals surface area contributed by atoms with Crippen LogP contribution in [-0.4, -0.2) is 48.1 Å². The Bertz CT molecular complexity index is 145. The minimum atomic E-state index is 0.754. The summed E-state index contributed by atoms with van der Waals surface area (Å²) in [5, 5.41) is 0. The van der Waals surface area contributed by atoms with Gasteiger partial charge >= 0.3 is 0 Å². The molecule has 98 valence electrons. The predicted octanol–water partition coefficient (Wildman–Crippen LogP) is 3.23. The topological polar surface area (TPSA) is 6.48 Å². The van der Waals surface area contributed by atoms with Crippen molar-refractivity contribution in [2.75, 3.05) is 26.2 Å². The minimum absolute atomic E-state index is 0.754. The Kier molecular flexibility index (Phi) is 8.96.